The molecule has 1 saturated heterocycles. The van der Waals surface area contributed by atoms with Crippen LogP contribution in [0.25, 0.3) is 11.5 Å². The Hall–Kier alpha value is -1.95. The first kappa shape index (κ1) is 13.1. The van der Waals surface area contributed by atoms with Crippen molar-refractivity contribution in [1.29, 1.82) is 0 Å². The zero-order valence-electron chi connectivity index (χ0n) is 11.7. The summed E-state index contributed by atoms with van der Waals surface area (Å²) < 4.78 is 9.15. The Morgan fingerprint density at radius 2 is 2.25 bits per heavy atom. The lowest BCUT2D eigenvalue weighted by Gasteiger charge is -2.23. The molecule has 0 aromatic carbocycles. The summed E-state index contributed by atoms with van der Waals surface area (Å²) in [5.41, 5.74) is 1.99. The molecule has 106 valence electrons. The van der Waals surface area contributed by atoms with Gasteiger partial charge in [-0.15, -0.1) is 5.10 Å². The molecular weight excluding hydrogens is 254 g/mol. The van der Waals surface area contributed by atoms with Crippen LogP contribution in [0, 0.1) is 5.92 Å². The number of imidazole rings is 1. The third kappa shape index (κ3) is 2.65. The molecule has 0 atom stereocenters. The molecule has 0 amide bonds. The molecule has 6 heteroatoms. The SMILES string of the molecule is C=C(Cn1cc(-c2nccn2C)nn1)C1CCOCC1. The summed E-state index contributed by atoms with van der Waals surface area (Å²) in [6, 6.07) is 0. The van der Waals surface area contributed by atoms with Gasteiger partial charge in [0.2, 0.25) is 0 Å². The molecule has 0 aliphatic carbocycles. The van der Waals surface area contributed by atoms with Crippen molar-refractivity contribution in [2.75, 3.05) is 13.2 Å². The normalized spacial score (nSPS) is 16.4. The lowest BCUT2D eigenvalue weighted by Crippen LogP contribution is -2.19. The fraction of sp³-hybridized carbons (Fsp3) is 0.500. The largest absolute Gasteiger partial charge is 0.381 e. The predicted molar refractivity (Wildman–Crippen MR) is 74.9 cm³/mol. The van der Waals surface area contributed by atoms with Crippen LogP contribution < -0.4 is 0 Å². The van der Waals surface area contributed by atoms with Gasteiger partial charge in [-0.25, -0.2) is 9.67 Å². The van der Waals surface area contributed by atoms with Gasteiger partial charge in [-0.2, -0.15) is 0 Å². The number of ether oxygens (including phenoxy) is 1. The van der Waals surface area contributed by atoms with Crippen LogP contribution in [0.3, 0.4) is 0 Å². The highest BCUT2D eigenvalue weighted by molar-refractivity contribution is 5.47. The summed E-state index contributed by atoms with van der Waals surface area (Å²) in [6.07, 6.45) is 7.69. The van der Waals surface area contributed by atoms with Crippen LogP contribution in [-0.4, -0.2) is 37.8 Å². The summed E-state index contributed by atoms with van der Waals surface area (Å²) in [4.78, 5) is 4.28. The first-order chi connectivity index (χ1) is 9.74. The van der Waals surface area contributed by atoms with E-state index in [0.717, 1.165) is 37.6 Å². The molecule has 0 unspecified atom stereocenters. The number of aryl methyl sites for hydroxylation is 1. The van der Waals surface area contributed by atoms with Crippen LogP contribution in [0.1, 0.15) is 12.8 Å². The molecule has 2 aromatic rings. The summed E-state index contributed by atoms with van der Waals surface area (Å²) in [5, 5.41) is 8.35. The molecule has 1 fully saturated rings. The summed E-state index contributed by atoms with van der Waals surface area (Å²) in [5.74, 6) is 1.36. The van der Waals surface area contributed by atoms with Crippen molar-refractivity contribution in [3.63, 3.8) is 0 Å². The molecule has 0 spiro atoms. The summed E-state index contributed by atoms with van der Waals surface area (Å²) >= 11 is 0. The highest BCUT2D eigenvalue weighted by Crippen LogP contribution is 2.23. The highest BCUT2D eigenvalue weighted by atomic mass is 16.5. The number of hydrogen-bond donors (Lipinski definition) is 0. The lowest BCUT2D eigenvalue weighted by atomic mass is 9.92. The standard InChI is InChI=1S/C14H19N5O/c1-11(12-3-7-20-8-4-12)9-19-10-13(16-17-19)14-15-5-6-18(14)2/h5-6,10,12H,1,3-4,7-9H2,2H3. The van der Waals surface area contributed by atoms with E-state index in [1.54, 1.807) is 6.20 Å². The van der Waals surface area contributed by atoms with Crippen molar-refractivity contribution in [1.82, 2.24) is 24.5 Å². The zero-order chi connectivity index (χ0) is 13.9. The van der Waals surface area contributed by atoms with Crippen LogP contribution in [0.2, 0.25) is 0 Å². The van der Waals surface area contributed by atoms with Crippen molar-refractivity contribution in [3.8, 4) is 11.5 Å². The van der Waals surface area contributed by atoms with Gasteiger partial charge in [0.05, 0.1) is 12.7 Å². The predicted octanol–water partition coefficient (Wildman–Crippen LogP) is 1.66. The molecule has 3 heterocycles. The molecule has 1 aliphatic rings. The van der Waals surface area contributed by atoms with E-state index in [1.165, 1.54) is 5.57 Å². The van der Waals surface area contributed by atoms with Crippen LogP contribution in [0.5, 0.6) is 0 Å². The van der Waals surface area contributed by atoms with E-state index in [1.807, 2.05) is 28.7 Å². The number of hydrogen-bond acceptors (Lipinski definition) is 4. The molecule has 0 bridgehead atoms. The Morgan fingerprint density at radius 3 is 2.95 bits per heavy atom. The first-order valence-electron chi connectivity index (χ1n) is 6.87. The Balaban J connectivity index is 1.68. The van der Waals surface area contributed by atoms with Gasteiger partial charge < -0.3 is 9.30 Å². The van der Waals surface area contributed by atoms with Gasteiger partial charge in [-0.3, -0.25) is 0 Å². The molecular formula is C14H19N5O. The third-order valence-corrected chi connectivity index (χ3v) is 3.75. The highest BCUT2D eigenvalue weighted by Gasteiger charge is 2.17. The van der Waals surface area contributed by atoms with Gasteiger partial charge >= 0.3 is 0 Å². The topological polar surface area (TPSA) is 57.8 Å². The van der Waals surface area contributed by atoms with Crippen LogP contribution in [-0.2, 0) is 18.3 Å². The molecule has 0 radical (unpaired) electrons. The van der Waals surface area contributed by atoms with Gasteiger partial charge in [0.1, 0.15) is 5.69 Å². The number of allylic oxidation sites excluding steroid dienone is 1. The Labute approximate surface area is 118 Å². The van der Waals surface area contributed by atoms with Gasteiger partial charge in [-0.1, -0.05) is 17.4 Å². The zero-order valence-corrected chi connectivity index (χ0v) is 11.7. The quantitative estimate of drug-likeness (QED) is 0.795. The van der Waals surface area contributed by atoms with E-state index in [-0.39, 0.29) is 0 Å². The van der Waals surface area contributed by atoms with Gasteiger partial charge in [0, 0.05) is 32.7 Å². The smallest absolute Gasteiger partial charge is 0.161 e. The molecule has 20 heavy (non-hydrogen) atoms. The van der Waals surface area contributed by atoms with Crippen LogP contribution in [0.15, 0.2) is 30.7 Å². The van der Waals surface area contributed by atoms with Crippen LogP contribution in [0.4, 0.5) is 0 Å². The van der Waals surface area contributed by atoms with E-state index in [0.29, 0.717) is 12.5 Å². The Bertz CT molecular complexity index is 594. The second-order valence-corrected chi connectivity index (χ2v) is 5.21. The van der Waals surface area contributed by atoms with E-state index < -0.39 is 0 Å². The Kier molecular flexibility index (Phi) is 3.64. The molecule has 3 rings (SSSR count). The fourth-order valence-corrected chi connectivity index (χ4v) is 2.53. The van der Waals surface area contributed by atoms with Crippen molar-refractivity contribution >= 4 is 0 Å². The second kappa shape index (κ2) is 5.58. The van der Waals surface area contributed by atoms with Crippen LogP contribution >= 0.6 is 0 Å². The average molecular weight is 273 g/mol. The summed E-state index contributed by atoms with van der Waals surface area (Å²) in [6.45, 7) is 6.57. The number of rotatable bonds is 4. The van der Waals surface area contributed by atoms with E-state index >= 15 is 0 Å². The minimum atomic E-state index is 0.532. The average Bonchev–Trinajstić information content (AvgIpc) is 3.08. The van der Waals surface area contributed by atoms with Gasteiger partial charge in [-0.05, 0) is 18.8 Å². The summed E-state index contributed by atoms with van der Waals surface area (Å²) in [7, 11) is 1.95. The second-order valence-electron chi connectivity index (χ2n) is 5.21. The molecule has 1 aliphatic heterocycles. The van der Waals surface area contributed by atoms with Crippen molar-refractivity contribution in [3.05, 3.63) is 30.7 Å². The maximum absolute atomic E-state index is 5.38. The number of aromatic nitrogens is 5. The monoisotopic (exact) mass is 273 g/mol. The van der Waals surface area contributed by atoms with E-state index in [4.69, 9.17) is 4.74 Å². The minimum Gasteiger partial charge on any atom is -0.381 e. The first-order valence-corrected chi connectivity index (χ1v) is 6.87. The maximum Gasteiger partial charge on any atom is 0.161 e. The van der Waals surface area contributed by atoms with Crippen molar-refractivity contribution in [2.24, 2.45) is 13.0 Å². The van der Waals surface area contributed by atoms with E-state index in [9.17, 15) is 0 Å². The van der Waals surface area contributed by atoms with Crippen molar-refractivity contribution < 1.29 is 4.74 Å². The maximum atomic E-state index is 5.38. The number of nitrogens with zero attached hydrogens (tertiary/aromatic N) is 5. The minimum absolute atomic E-state index is 0.532. The third-order valence-electron chi connectivity index (χ3n) is 3.75. The Morgan fingerprint density at radius 1 is 1.45 bits per heavy atom. The molecule has 0 saturated carbocycles. The fourth-order valence-electron chi connectivity index (χ4n) is 2.53. The van der Waals surface area contributed by atoms with Gasteiger partial charge in [0.15, 0.2) is 5.82 Å². The van der Waals surface area contributed by atoms with E-state index in [2.05, 4.69) is 21.9 Å². The molecule has 6 nitrogen and oxygen atoms in total. The molecule has 2 aromatic heterocycles. The van der Waals surface area contributed by atoms with Crippen molar-refractivity contribution in [2.45, 2.75) is 19.4 Å². The lowest BCUT2D eigenvalue weighted by molar-refractivity contribution is 0.0746. The van der Waals surface area contributed by atoms with Gasteiger partial charge in [0.25, 0.3) is 0 Å². The molecule has 0 N–H and O–H groups in total.